The summed E-state index contributed by atoms with van der Waals surface area (Å²) in [5.41, 5.74) is 0. The van der Waals surface area contributed by atoms with Crippen LogP contribution in [0.4, 0.5) is 5.82 Å². The molecule has 14 heavy (non-hydrogen) atoms. The van der Waals surface area contributed by atoms with Crippen molar-refractivity contribution in [2.24, 2.45) is 0 Å². The Balaban J connectivity index is 2.14. The topological polar surface area (TPSA) is 128 Å². The van der Waals surface area contributed by atoms with Gasteiger partial charge in [0.25, 0.3) is 0 Å². The number of hydrogen-bond acceptors (Lipinski definition) is 7. The molecule has 2 aromatic rings. The Hall–Kier alpha value is -2.39. The summed E-state index contributed by atoms with van der Waals surface area (Å²) in [6, 6.07) is 0. The van der Waals surface area contributed by atoms with E-state index in [1.807, 2.05) is 0 Å². The van der Waals surface area contributed by atoms with Crippen LogP contribution in [0.15, 0.2) is 6.20 Å². The van der Waals surface area contributed by atoms with E-state index in [4.69, 9.17) is 0 Å². The number of nitrogens with zero attached hydrogens (tertiary/aromatic N) is 7. The number of rotatable bonds is 3. The molecule has 0 saturated carbocycles. The van der Waals surface area contributed by atoms with E-state index < -0.39 is 4.92 Å². The van der Waals surface area contributed by atoms with Gasteiger partial charge in [-0.05, 0) is 4.92 Å². The largest absolute Gasteiger partial charge is 0.410 e. The van der Waals surface area contributed by atoms with Gasteiger partial charge in [-0.25, -0.2) is 4.68 Å². The molecule has 0 aliphatic carbocycles. The van der Waals surface area contributed by atoms with E-state index in [0.717, 1.165) is 0 Å². The van der Waals surface area contributed by atoms with Crippen LogP contribution in [-0.4, -0.2) is 40.5 Å². The molecular weight excluding hydrogens is 192 g/mol. The van der Waals surface area contributed by atoms with Crippen molar-refractivity contribution in [1.29, 1.82) is 0 Å². The molecule has 1 N–H and O–H groups in total. The summed E-state index contributed by atoms with van der Waals surface area (Å²) in [6.45, 7) is 0.192. The normalized spacial score (nSPS) is 10.3. The van der Waals surface area contributed by atoms with E-state index >= 15 is 0 Å². The number of aromatic nitrogens is 7. The maximum atomic E-state index is 10.3. The van der Waals surface area contributed by atoms with Gasteiger partial charge in [0, 0.05) is 0 Å². The highest BCUT2D eigenvalue weighted by Crippen LogP contribution is 2.03. The summed E-state index contributed by atoms with van der Waals surface area (Å²) in [5, 5.41) is 30.0. The Labute approximate surface area is 76.1 Å². The van der Waals surface area contributed by atoms with Crippen LogP contribution in [0.2, 0.25) is 0 Å². The fraction of sp³-hybridized carbons (Fsp3) is 0.250. The summed E-state index contributed by atoms with van der Waals surface area (Å²) in [6.07, 6.45) is 1.19. The molecule has 0 aromatic carbocycles. The second-order valence-electron chi connectivity index (χ2n) is 2.36. The van der Waals surface area contributed by atoms with E-state index in [-0.39, 0.29) is 12.4 Å². The third-order valence-electron chi connectivity index (χ3n) is 1.41. The molecule has 0 unspecified atom stereocenters. The molecule has 0 aliphatic rings. The molecule has 10 nitrogen and oxygen atoms in total. The summed E-state index contributed by atoms with van der Waals surface area (Å²) < 4.78 is 1.25. The Morgan fingerprint density at radius 3 is 3.00 bits per heavy atom. The SMILES string of the molecule is O=[N+]([O-])c1cn(Cc2nn[nH]n2)nn1. The average Bonchev–Trinajstić information content (AvgIpc) is 2.75. The van der Waals surface area contributed by atoms with E-state index in [9.17, 15) is 10.1 Å². The van der Waals surface area contributed by atoms with Crippen molar-refractivity contribution < 1.29 is 4.92 Å². The first-order valence-corrected chi connectivity index (χ1v) is 3.52. The minimum Gasteiger partial charge on any atom is -0.358 e. The number of aromatic amines is 1. The molecule has 0 fully saturated rings. The molecule has 0 bridgehead atoms. The van der Waals surface area contributed by atoms with Crippen LogP contribution in [0, 0.1) is 10.1 Å². The maximum absolute atomic E-state index is 10.3. The first-order chi connectivity index (χ1) is 6.75. The van der Waals surface area contributed by atoms with Crippen molar-refractivity contribution in [3.63, 3.8) is 0 Å². The highest BCUT2D eigenvalue weighted by Gasteiger charge is 2.12. The quantitative estimate of drug-likeness (QED) is 0.479. The summed E-state index contributed by atoms with van der Waals surface area (Å²) in [4.78, 5) is 9.63. The third kappa shape index (κ3) is 1.53. The molecule has 2 aromatic heterocycles. The van der Waals surface area contributed by atoms with Gasteiger partial charge < -0.3 is 10.1 Å². The first-order valence-electron chi connectivity index (χ1n) is 3.52. The fourth-order valence-corrected chi connectivity index (χ4v) is 0.844. The lowest BCUT2D eigenvalue weighted by atomic mass is 10.6. The predicted molar refractivity (Wildman–Crippen MR) is 40.0 cm³/mol. The molecule has 72 valence electrons. The van der Waals surface area contributed by atoms with Crippen molar-refractivity contribution in [2.45, 2.75) is 6.54 Å². The smallest absolute Gasteiger partial charge is 0.358 e. The Morgan fingerprint density at radius 1 is 1.57 bits per heavy atom. The minimum absolute atomic E-state index is 0.192. The molecule has 2 rings (SSSR count). The van der Waals surface area contributed by atoms with Crippen molar-refractivity contribution in [1.82, 2.24) is 35.6 Å². The summed E-state index contributed by atoms with van der Waals surface area (Å²) in [5.74, 6) is 0.0679. The average molecular weight is 196 g/mol. The summed E-state index contributed by atoms with van der Waals surface area (Å²) >= 11 is 0. The number of nitrogens with one attached hydrogen (secondary N) is 1. The van der Waals surface area contributed by atoms with Crippen LogP contribution in [0.1, 0.15) is 5.82 Å². The second kappa shape index (κ2) is 3.16. The van der Waals surface area contributed by atoms with Crippen molar-refractivity contribution in [3.8, 4) is 0 Å². The zero-order valence-electron chi connectivity index (χ0n) is 6.73. The Bertz CT molecular complexity index is 432. The lowest BCUT2D eigenvalue weighted by molar-refractivity contribution is -0.389. The van der Waals surface area contributed by atoms with Crippen LogP contribution < -0.4 is 0 Å². The number of hydrogen-bond donors (Lipinski definition) is 1. The zero-order valence-corrected chi connectivity index (χ0v) is 6.73. The standard InChI is InChI=1S/C4H4N8O2/c13-12(14)4-2-11(10-7-4)1-3-5-8-9-6-3/h2H,1H2,(H,5,6,8,9). The lowest BCUT2D eigenvalue weighted by Gasteiger charge is -1.89. The highest BCUT2D eigenvalue weighted by atomic mass is 16.6. The second-order valence-corrected chi connectivity index (χ2v) is 2.36. The molecule has 10 heteroatoms. The van der Waals surface area contributed by atoms with Gasteiger partial charge in [-0.2, -0.15) is 5.21 Å². The van der Waals surface area contributed by atoms with Crippen molar-refractivity contribution in [3.05, 3.63) is 22.1 Å². The molecule has 0 spiro atoms. The van der Waals surface area contributed by atoms with Crippen molar-refractivity contribution >= 4 is 5.82 Å². The monoisotopic (exact) mass is 196 g/mol. The van der Waals surface area contributed by atoms with E-state index in [0.29, 0.717) is 5.82 Å². The summed E-state index contributed by atoms with van der Waals surface area (Å²) in [7, 11) is 0. The Kier molecular flexibility index (Phi) is 1.86. The third-order valence-corrected chi connectivity index (χ3v) is 1.41. The van der Waals surface area contributed by atoms with Gasteiger partial charge in [-0.3, -0.25) is 0 Å². The predicted octanol–water partition coefficient (Wildman–Crippen LogP) is -1.25. The van der Waals surface area contributed by atoms with Gasteiger partial charge >= 0.3 is 5.82 Å². The number of nitro groups is 1. The molecule has 0 aliphatic heterocycles. The van der Waals surface area contributed by atoms with Gasteiger partial charge in [-0.15, -0.1) is 10.2 Å². The Morgan fingerprint density at radius 2 is 2.43 bits per heavy atom. The molecule has 0 radical (unpaired) electrons. The van der Waals surface area contributed by atoms with Crippen LogP contribution in [0.3, 0.4) is 0 Å². The van der Waals surface area contributed by atoms with Crippen molar-refractivity contribution in [2.75, 3.05) is 0 Å². The van der Waals surface area contributed by atoms with Crippen LogP contribution >= 0.6 is 0 Å². The van der Waals surface area contributed by atoms with Gasteiger partial charge in [-0.1, -0.05) is 5.21 Å². The minimum atomic E-state index is -0.625. The molecule has 0 amide bonds. The number of tetrazole rings is 1. The molecule has 0 atom stereocenters. The number of H-pyrrole nitrogens is 1. The first kappa shape index (κ1) is 8.22. The van der Waals surface area contributed by atoms with E-state index in [2.05, 4.69) is 30.9 Å². The molecular formula is C4H4N8O2. The van der Waals surface area contributed by atoms with Crippen LogP contribution in [0.25, 0.3) is 0 Å². The molecule has 2 heterocycles. The van der Waals surface area contributed by atoms with Crippen LogP contribution in [-0.2, 0) is 6.54 Å². The van der Waals surface area contributed by atoms with Gasteiger partial charge in [0.1, 0.15) is 17.8 Å². The molecule has 0 saturated heterocycles. The maximum Gasteiger partial charge on any atom is 0.410 e. The lowest BCUT2D eigenvalue weighted by Crippen LogP contribution is -2.02. The zero-order chi connectivity index (χ0) is 9.97. The van der Waals surface area contributed by atoms with E-state index in [1.54, 1.807) is 0 Å². The van der Waals surface area contributed by atoms with Gasteiger partial charge in [0.05, 0.1) is 5.21 Å². The van der Waals surface area contributed by atoms with Crippen LogP contribution in [0.5, 0.6) is 0 Å². The van der Waals surface area contributed by atoms with Gasteiger partial charge in [0.2, 0.25) is 0 Å². The fourth-order valence-electron chi connectivity index (χ4n) is 0.844. The van der Waals surface area contributed by atoms with E-state index in [1.165, 1.54) is 10.9 Å². The highest BCUT2D eigenvalue weighted by molar-refractivity contribution is 5.09. The van der Waals surface area contributed by atoms with Gasteiger partial charge in [0.15, 0.2) is 5.82 Å².